The van der Waals surface area contributed by atoms with E-state index in [2.05, 4.69) is 15.6 Å². The van der Waals surface area contributed by atoms with E-state index in [0.29, 0.717) is 6.54 Å². The molecule has 1 aromatic heterocycles. The molecule has 1 atom stereocenters. The number of urea groups is 1. The van der Waals surface area contributed by atoms with E-state index in [0.717, 1.165) is 9.88 Å². The molecule has 0 unspecified atom stereocenters. The first kappa shape index (κ1) is 14.4. The molecule has 0 fully saturated rings. The molecule has 0 aromatic carbocycles. The minimum absolute atomic E-state index is 0.0287. The van der Waals surface area contributed by atoms with Crippen LogP contribution in [0.1, 0.15) is 16.3 Å². The van der Waals surface area contributed by atoms with Gasteiger partial charge in [-0.3, -0.25) is 0 Å². The van der Waals surface area contributed by atoms with Crippen molar-refractivity contribution in [2.24, 2.45) is 0 Å². The summed E-state index contributed by atoms with van der Waals surface area (Å²) in [6, 6.07) is -0.416. The Morgan fingerprint density at radius 2 is 2.22 bits per heavy atom. The first-order valence-electron chi connectivity index (χ1n) is 5.33. The van der Waals surface area contributed by atoms with Gasteiger partial charge in [-0.25, -0.2) is 14.6 Å². The molecule has 0 saturated heterocycles. The van der Waals surface area contributed by atoms with Crippen molar-refractivity contribution in [1.29, 1.82) is 0 Å². The highest BCUT2D eigenvalue weighted by atomic mass is 32.1. The molecule has 0 saturated carbocycles. The van der Waals surface area contributed by atoms with Gasteiger partial charge in [-0.15, -0.1) is 11.3 Å². The molecule has 0 spiro atoms. The van der Waals surface area contributed by atoms with E-state index in [4.69, 9.17) is 10.2 Å². The van der Waals surface area contributed by atoms with Crippen LogP contribution < -0.4 is 10.6 Å². The fraction of sp³-hybridized carbons (Fsp3) is 0.500. The SMILES string of the molecule is Cc1cnc(CNC(=O)NCC[C@H](O)C(=O)O)s1. The second-order valence-electron chi connectivity index (χ2n) is 3.62. The number of aliphatic hydroxyl groups excluding tert-OH is 1. The minimum Gasteiger partial charge on any atom is -0.479 e. The summed E-state index contributed by atoms with van der Waals surface area (Å²) in [6.45, 7) is 2.34. The number of hydrogen-bond donors (Lipinski definition) is 4. The molecule has 1 aromatic rings. The monoisotopic (exact) mass is 273 g/mol. The summed E-state index contributed by atoms with van der Waals surface area (Å²) < 4.78 is 0. The lowest BCUT2D eigenvalue weighted by molar-refractivity contribution is -0.146. The molecule has 1 heterocycles. The van der Waals surface area contributed by atoms with Crippen LogP contribution in [0.4, 0.5) is 4.79 Å². The molecule has 2 amide bonds. The summed E-state index contributed by atoms with van der Waals surface area (Å²) in [4.78, 5) is 26.7. The van der Waals surface area contributed by atoms with Gasteiger partial charge in [-0.1, -0.05) is 0 Å². The predicted molar refractivity (Wildman–Crippen MR) is 65.3 cm³/mol. The van der Waals surface area contributed by atoms with Crippen molar-refractivity contribution in [3.8, 4) is 0 Å². The van der Waals surface area contributed by atoms with Crippen molar-refractivity contribution in [3.05, 3.63) is 16.1 Å². The minimum atomic E-state index is -1.45. The molecule has 0 aliphatic rings. The molecule has 0 radical (unpaired) electrons. The summed E-state index contributed by atoms with van der Waals surface area (Å²) in [5, 5.41) is 23.2. The Bertz CT molecular complexity index is 421. The highest BCUT2D eigenvalue weighted by Crippen LogP contribution is 2.10. The van der Waals surface area contributed by atoms with E-state index in [1.807, 2.05) is 6.92 Å². The number of carbonyl (C=O) groups excluding carboxylic acids is 1. The van der Waals surface area contributed by atoms with Crippen molar-refractivity contribution in [3.63, 3.8) is 0 Å². The molecule has 4 N–H and O–H groups in total. The molecule has 8 heteroatoms. The molecule has 0 aliphatic heterocycles. The fourth-order valence-corrected chi connectivity index (χ4v) is 1.87. The molecular weight excluding hydrogens is 258 g/mol. The smallest absolute Gasteiger partial charge is 0.332 e. The van der Waals surface area contributed by atoms with Crippen LogP contribution in [0.3, 0.4) is 0 Å². The van der Waals surface area contributed by atoms with Crippen LogP contribution in [0.2, 0.25) is 0 Å². The maximum atomic E-state index is 11.3. The van der Waals surface area contributed by atoms with Gasteiger partial charge in [0.1, 0.15) is 5.01 Å². The zero-order valence-corrected chi connectivity index (χ0v) is 10.7. The lowest BCUT2D eigenvalue weighted by Crippen LogP contribution is -2.37. The summed E-state index contributed by atoms with van der Waals surface area (Å²) in [5.74, 6) is -1.30. The van der Waals surface area contributed by atoms with E-state index in [1.54, 1.807) is 6.20 Å². The number of hydrogen-bond acceptors (Lipinski definition) is 5. The topological polar surface area (TPSA) is 112 Å². The van der Waals surface area contributed by atoms with Crippen LogP contribution in [0, 0.1) is 6.92 Å². The van der Waals surface area contributed by atoms with Crippen LogP contribution in [0.15, 0.2) is 6.20 Å². The first-order chi connectivity index (χ1) is 8.49. The van der Waals surface area contributed by atoms with E-state index in [9.17, 15) is 9.59 Å². The molecule has 100 valence electrons. The maximum absolute atomic E-state index is 11.3. The third kappa shape index (κ3) is 5.11. The van der Waals surface area contributed by atoms with Gasteiger partial charge >= 0.3 is 12.0 Å². The van der Waals surface area contributed by atoms with Crippen molar-refractivity contribution < 1.29 is 19.8 Å². The lowest BCUT2D eigenvalue weighted by Gasteiger charge is -2.07. The van der Waals surface area contributed by atoms with Gasteiger partial charge in [-0.05, 0) is 6.92 Å². The standard InChI is InChI=1S/C10H15N3O4S/c1-6-4-12-8(18-6)5-13-10(17)11-3-2-7(14)9(15)16/h4,7,14H,2-3,5H2,1H3,(H,15,16)(H2,11,13,17)/t7-/m0/s1. The van der Waals surface area contributed by atoms with Gasteiger partial charge in [-0.2, -0.15) is 0 Å². The number of aliphatic hydroxyl groups is 1. The Morgan fingerprint density at radius 3 is 2.78 bits per heavy atom. The number of aryl methyl sites for hydroxylation is 1. The molecular formula is C10H15N3O4S. The molecule has 18 heavy (non-hydrogen) atoms. The number of aromatic nitrogens is 1. The number of carbonyl (C=O) groups is 2. The van der Waals surface area contributed by atoms with Gasteiger partial charge in [0.2, 0.25) is 0 Å². The maximum Gasteiger partial charge on any atom is 0.332 e. The Labute approximate surface area is 108 Å². The normalized spacial score (nSPS) is 11.9. The highest BCUT2D eigenvalue weighted by molar-refractivity contribution is 7.11. The van der Waals surface area contributed by atoms with Gasteiger partial charge in [0.25, 0.3) is 0 Å². The van der Waals surface area contributed by atoms with Crippen molar-refractivity contribution in [2.75, 3.05) is 6.54 Å². The average Bonchev–Trinajstić information content (AvgIpc) is 2.72. The largest absolute Gasteiger partial charge is 0.479 e. The van der Waals surface area contributed by atoms with Gasteiger partial charge in [0.05, 0.1) is 6.54 Å². The Balaban J connectivity index is 2.16. The second-order valence-corrected chi connectivity index (χ2v) is 4.94. The third-order valence-electron chi connectivity index (χ3n) is 2.06. The van der Waals surface area contributed by atoms with E-state index in [-0.39, 0.29) is 13.0 Å². The number of carboxylic acids is 1. The number of amides is 2. The van der Waals surface area contributed by atoms with Gasteiger partial charge < -0.3 is 20.8 Å². The molecule has 1 rings (SSSR count). The number of rotatable bonds is 6. The fourth-order valence-electron chi connectivity index (χ4n) is 1.15. The summed E-state index contributed by atoms with van der Waals surface area (Å²) in [7, 11) is 0. The lowest BCUT2D eigenvalue weighted by atomic mass is 10.2. The quantitative estimate of drug-likeness (QED) is 0.587. The average molecular weight is 273 g/mol. The summed E-state index contributed by atoms with van der Waals surface area (Å²) in [6.07, 6.45) is 0.244. The van der Waals surface area contributed by atoms with Gasteiger partial charge in [0, 0.05) is 24.0 Å². The third-order valence-corrected chi connectivity index (χ3v) is 2.97. The zero-order valence-electron chi connectivity index (χ0n) is 9.84. The second kappa shape index (κ2) is 6.92. The van der Waals surface area contributed by atoms with E-state index < -0.39 is 18.1 Å². The number of carboxylic acid groups (broad SMARTS) is 1. The van der Waals surface area contributed by atoms with Crippen LogP contribution in [-0.2, 0) is 11.3 Å². The van der Waals surface area contributed by atoms with Crippen molar-refractivity contribution in [1.82, 2.24) is 15.6 Å². The number of aliphatic carboxylic acids is 1. The number of nitrogens with one attached hydrogen (secondary N) is 2. The van der Waals surface area contributed by atoms with Crippen molar-refractivity contribution >= 4 is 23.3 Å². The van der Waals surface area contributed by atoms with Crippen molar-refractivity contribution in [2.45, 2.75) is 26.0 Å². The van der Waals surface area contributed by atoms with Gasteiger partial charge in [0.15, 0.2) is 6.10 Å². The van der Waals surface area contributed by atoms with E-state index >= 15 is 0 Å². The van der Waals surface area contributed by atoms with E-state index in [1.165, 1.54) is 11.3 Å². The van der Waals surface area contributed by atoms with Crippen LogP contribution >= 0.6 is 11.3 Å². The number of nitrogens with zero attached hydrogens (tertiary/aromatic N) is 1. The Morgan fingerprint density at radius 1 is 1.50 bits per heavy atom. The Kier molecular flexibility index (Phi) is 5.53. The highest BCUT2D eigenvalue weighted by Gasteiger charge is 2.12. The summed E-state index contributed by atoms with van der Waals surface area (Å²) >= 11 is 1.49. The first-order valence-corrected chi connectivity index (χ1v) is 6.14. The Hall–Kier alpha value is -1.67. The zero-order chi connectivity index (χ0) is 13.5. The van der Waals surface area contributed by atoms with Crippen LogP contribution in [-0.4, -0.2) is 39.8 Å². The van der Waals surface area contributed by atoms with Crippen LogP contribution in [0.25, 0.3) is 0 Å². The molecule has 0 bridgehead atoms. The predicted octanol–water partition coefficient (Wildman–Crippen LogP) is 0.0863. The van der Waals surface area contributed by atoms with Crippen LogP contribution in [0.5, 0.6) is 0 Å². The summed E-state index contributed by atoms with van der Waals surface area (Å²) in [5.41, 5.74) is 0. The number of thiazole rings is 1. The molecule has 7 nitrogen and oxygen atoms in total. The molecule has 0 aliphatic carbocycles.